The monoisotopic (exact) mass is 478 g/mol. The van der Waals surface area contributed by atoms with Crippen LogP contribution in [-0.2, 0) is 21.4 Å². The standard InChI is InChI=1S/C24H19ClN4O3S/c25-21-5-3-20-14-23(8-4-19(20)13-21)33(31,32)29-12-11-27(24(30)16-29)15-18-1-6-22(7-2-18)28-10-9-26-17-28/h1-14,17H,15-16H2. The minimum Gasteiger partial charge on any atom is -0.312 e. The maximum absolute atomic E-state index is 13.1. The van der Waals surface area contributed by atoms with Crippen molar-refractivity contribution in [1.29, 1.82) is 0 Å². The third kappa shape index (κ3) is 4.22. The van der Waals surface area contributed by atoms with Crippen LogP contribution in [0.15, 0.2) is 96.7 Å². The van der Waals surface area contributed by atoms with Crippen LogP contribution in [0.1, 0.15) is 5.56 Å². The third-order valence-corrected chi connectivity index (χ3v) is 7.45. The number of hydrogen-bond donors (Lipinski definition) is 0. The second-order valence-corrected chi connectivity index (χ2v) is 9.99. The van der Waals surface area contributed by atoms with E-state index in [0.717, 1.165) is 26.3 Å². The number of carbonyl (C=O) groups excluding carboxylic acids is 1. The average Bonchev–Trinajstić information content (AvgIpc) is 3.35. The molecule has 33 heavy (non-hydrogen) atoms. The molecular weight excluding hydrogens is 460 g/mol. The molecule has 0 saturated carbocycles. The first kappa shape index (κ1) is 21.2. The molecule has 2 heterocycles. The Kier molecular flexibility index (Phi) is 5.39. The molecule has 0 fully saturated rings. The van der Waals surface area contributed by atoms with Crippen molar-refractivity contribution in [3.63, 3.8) is 0 Å². The van der Waals surface area contributed by atoms with Crippen molar-refractivity contribution in [3.8, 4) is 5.69 Å². The highest BCUT2D eigenvalue weighted by Gasteiger charge is 2.29. The summed E-state index contributed by atoms with van der Waals surface area (Å²) in [7, 11) is -3.87. The summed E-state index contributed by atoms with van der Waals surface area (Å²) >= 11 is 6.01. The molecule has 1 aromatic heterocycles. The first-order valence-electron chi connectivity index (χ1n) is 10.2. The molecule has 3 aromatic carbocycles. The van der Waals surface area contributed by atoms with Gasteiger partial charge in [-0.05, 0) is 52.7 Å². The summed E-state index contributed by atoms with van der Waals surface area (Å²) in [5.74, 6) is -0.299. The van der Waals surface area contributed by atoms with Crippen molar-refractivity contribution in [3.05, 3.63) is 102 Å². The molecule has 9 heteroatoms. The molecule has 1 aliphatic rings. The Bertz CT molecular complexity index is 1470. The Hall–Kier alpha value is -3.62. The van der Waals surface area contributed by atoms with Gasteiger partial charge in [0.25, 0.3) is 10.0 Å². The highest BCUT2D eigenvalue weighted by atomic mass is 35.5. The lowest BCUT2D eigenvalue weighted by Crippen LogP contribution is -2.42. The zero-order valence-electron chi connectivity index (χ0n) is 17.4. The fourth-order valence-corrected chi connectivity index (χ4v) is 5.16. The number of hydrogen-bond acceptors (Lipinski definition) is 4. The van der Waals surface area contributed by atoms with Crippen LogP contribution >= 0.6 is 11.6 Å². The van der Waals surface area contributed by atoms with Crippen molar-refractivity contribution in [2.24, 2.45) is 0 Å². The minimum absolute atomic E-state index is 0.123. The van der Waals surface area contributed by atoms with Gasteiger partial charge < -0.3 is 9.47 Å². The van der Waals surface area contributed by atoms with Crippen LogP contribution < -0.4 is 0 Å². The quantitative estimate of drug-likeness (QED) is 0.431. The van der Waals surface area contributed by atoms with Gasteiger partial charge in [-0.15, -0.1) is 0 Å². The van der Waals surface area contributed by atoms with Gasteiger partial charge in [0.2, 0.25) is 5.91 Å². The van der Waals surface area contributed by atoms with E-state index in [1.807, 2.05) is 35.0 Å². The van der Waals surface area contributed by atoms with Crippen molar-refractivity contribution in [1.82, 2.24) is 18.8 Å². The van der Waals surface area contributed by atoms with E-state index in [1.165, 1.54) is 23.4 Å². The number of amides is 1. The van der Waals surface area contributed by atoms with Crippen LogP contribution in [0.3, 0.4) is 0 Å². The van der Waals surface area contributed by atoms with Crippen molar-refractivity contribution >= 4 is 38.3 Å². The molecule has 0 radical (unpaired) electrons. The number of fused-ring (bicyclic) bond motifs is 1. The lowest BCUT2D eigenvalue weighted by Gasteiger charge is -2.29. The normalized spacial score (nSPS) is 14.3. The van der Waals surface area contributed by atoms with Gasteiger partial charge in [-0.3, -0.25) is 9.10 Å². The van der Waals surface area contributed by atoms with Gasteiger partial charge in [-0.1, -0.05) is 35.9 Å². The molecule has 0 N–H and O–H groups in total. The first-order valence-corrected chi connectivity index (χ1v) is 12.0. The smallest absolute Gasteiger partial charge is 0.264 e. The van der Waals surface area contributed by atoms with E-state index in [4.69, 9.17) is 11.6 Å². The molecule has 0 saturated heterocycles. The van der Waals surface area contributed by atoms with Crippen LogP contribution in [0.5, 0.6) is 0 Å². The Morgan fingerprint density at radius 3 is 2.42 bits per heavy atom. The first-order chi connectivity index (χ1) is 15.9. The summed E-state index contributed by atoms with van der Waals surface area (Å²) in [6, 6.07) is 17.8. The number of nitrogens with zero attached hydrogens (tertiary/aromatic N) is 4. The van der Waals surface area contributed by atoms with Crippen LogP contribution in [-0.4, -0.2) is 39.6 Å². The predicted molar refractivity (Wildman–Crippen MR) is 126 cm³/mol. The summed E-state index contributed by atoms with van der Waals surface area (Å²) in [6.45, 7) is 0.0920. The average molecular weight is 479 g/mol. The second kappa shape index (κ2) is 8.38. The molecule has 1 aliphatic heterocycles. The SMILES string of the molecule is O=C1CN(S(=O)(=O)c2ccc3cc(Cl)ccc3c2)C=CN1Cc1ccc(-n2ccnc2)cc1. The molecular formula is C24H19ClN4O3S. The molecule has 0 bridgehead atoms. The van der Waals surface area contributed by atoms with E-state index in [1.54, 1.807) is 42.9 Å². The molecule has 5 rings (SSSR count). The van der Waals surface area contributed by atoms with E-state index in [0.29, 0.717) is 11.6 Å². The topological polar surface area (TPSA) is 75.5 Å². The molecule has 1 amide bonds. The molecule has 166 valence electrons. The van der Waals surface area contributed by atoms with Gasteiger partial charge in [0, 0.05) is 35.5 Å². The van der Waals surface area contributed by atoms with Crippen LogP contribution in [0.2, 0.25) is 5.02 Å². The van der Waals surface area contributed by atoms with E-state index >= 15 is 0 Å². The van der Waals surface area contributed by atoms with Gasteiger partial charge in [0.1, 0.15) is 6.54 Å². The fraction of sp³-hybridized carbons (Fsp3) is 0.0833. The van der Waals surface area contributed by atoms with E-state index in [-0.39, 0.29) is 17.3 Å². The summed E-state index contributed by atoms with van der Waals surface area (Å²) in [4.78, 5) is 18.4. The number of imidazole rings is 1. The molecule has 7 nitrogen and oxygen atoms in total. The third-order valence-electron chi connectivity index (χ3n) is 5.50. The second-order valence-electron chi connectivity index (χ2n) is 7.66. The van der Waals surface area contributed by atoms with Gasteiger partial charge in [-0.2, -0.15) is 0 Å². The Morgan fingerprint density at radius 2 is 1.70 bits per heavy atom. The van der Waals surface area contributed by atoms with Crippen molar-refractivity contribution in [2.75, 3.05) is 6.54 Å². The van der Waals surface area contributed by atoms with Crippen LogP contribution in [0.4, 0.5) is 0 Å². The zero-order chi connectivity index (χ0) is 23.0. The largest absolute Gasteiger partial charge is 0.312 e. The van der Waals surface area contributed by atoms with E-state index in [9.17, 15) is 13.2 Å². The zero-order valence-corrected chi connectivity index (χ0v) is 18.9. The summed E-state index contributed by atoms with van der Waals surface area (Å²) in [5, 5.41) is 2.18. The van der Waals surface area contributed by atoms with Gasteiger partial charge >= 0.3 is 0 Å². The predicted octanol–water partition coefficient (Wildman–Crippen LogP) is 4.18. The molecule has 4 aromatic rings. The lowest BCUT2D eigenvalue weighted by molar-refractivity contribution is -0.129. The van der Waals surface area contributed by atoms with Crippen LogP contribution in [0.25, 0.3) is 16.5 Å². The maximum Gasteiger partial charge on any atom is 0.264 e. The maximum atomic E-state index is 13.1. The van der Waals surface area contributed by atoms with E-state index in [2.05, 4.69) is 4.98 Å². The number of rotatable bonds is 5. The lowest BCUT2D eigenvalue weighted by atomic mass is 10.1. The van der Waals surface area contributed by atoms with Crippen LogP contribution in [0, 0.1) is 0 Å². The summed E-state index contributed by atoms with van der Waals surface area (Å²) in [5.41, 5.74) is 1.90. The van der Waals surface area contributed by atoms with Gasteiger partial charge in [-0.25, -0.2) is 13.4 Å². The Morgan fingerprint density at radius 1 is 0.939 bits per heavy atom. The molecule has 0 spiro atoms. The van der Waals surface area contributed by atoms with Gasteiger partial charge in [0.05, 0.1) is 17.8 Å². The summed E-state index contributed by atoms with van der Waals surface area (Å²) < 4.78 is 29.2. The highest BCUT2D eigenvalue weighted by Crippen LogP contribution is 2.26. The van der Waals surface area contributed by atoms with Crippen molar-refractivity contribution in [2.45, 2.75) is 11.4 Å². The number of sulfonamides is 1. The number of halogens is 1. The summed E-state index contributed by atoms with van der Waals surface area (Å²) in [6.07, 6.45) is 8.21. The Labute approximate surface area is 196 Å². The fourth-order valence-electron chi connectivity index (χ4n) is 3.69. The highest BCUT2D eigenvalue weighted by molar-refractivity contribution is 7.89. The van der Waals surface area contributed by atoms with Gasteiger partial charge in [0.15, 0.2) is 0 Å². The molecule has 0 atom stereocenters. The van der Waals surface area contributed by atoms with Crippen molar-refractivity contribution < 1.29 is 13.2 Å². The Balaban J connectivity index is 1.33. The van der Waals surface area contributed by atoms with E-state index < -0.39 is 10.0 Å². The number of benzene rings is 3. The molecule has 0 unspecified atom stereocenters. The number of aromatic nitrogens is 2. The number of carbonyl (C=O) groups is 1. The minimum atomic E-state index is -3.87. The molecule has 0 aliphatic carbocycles.